The van der Waals surface area contributed by atoms with E-state index < -0.39 is 52.8 Å². The van der Waals surface area contributed by atoms with Crippen molar-refractivity contribution in [1.82, 2.24) is 5.32 Å². The van der Waals surface area contributed by atoms with Crippen molar-refractivity contribution in [2.75, 3.05) is 5.32 Å². The number of carboxylic acid groups (broad SMARTS) is 1. The van der Waals surface area contributed by atoms with Gasteiger partial charge in [-0.05, 0) is 92.3 Å². The number of aryl methyl sites for hydroxylation is 1. The number of alkyl halides is 3. The van der Waals surface area contributed by atoms with Gasteiger partial charge in [-0.1, -0.05) is 0 Å². The monoisotopic (exact) mass is 576 g/mol. The fourth-order valence-corrected chi connectivity index (χ4v) is 4.44. The summed E-state index contributed by atoms with van der Waals surface area (Å²) in [6, 6.07) is 7.29. The molecule has 0 heterocycles. The number of ether oxygens (including phenoxy) is 1. The molecule has 0 bridgehead atoms. The molecule has 1 atom stereocenters. The molecule has 0 aromatic heterocycles. The molecule has 12 heteroatoms. The van der Waals surface area contributed by atoms with Gasteiger partial charge in [-0.15, -0.1) is 0 Å². The molecule has 0 radical (unpaired) electrons. The summed E-state index contributed by atoms with van der Waals surface area (Å²) in [4.78, 5) is 36.2. The number of halogens is 5. The van der Waals surface area contributed by atoms with Gasteiger partial charge in [0.2, 0.25) is 0 Å². The highest BCUT2D eigenvalue weighted by Crippen LogP contribution is 2.48. The molecule has 1 aliphatic rings. The molecule has 2 amide bonds. The number of hydrogen-bond donors (Lipinski definition) is 3. The molecule has 3 aromatic carbocycles. The van der Waals surface area contributed by atoms with Gasteiger partial charge >= 0.3 is 12.3 Å². The summed E-state index contributed by atoms with van der Waals surface area (Å²) < 4.78 is 76.2. The number of carbonyl (C=O) groups is 3. The average molecular weight is 577 g/mol. The van der Waals surface area contributed by atoms with E-state index in [1.165, 1.54) is 26.0 Å². The molecule has 0 spiro atoms. The molecule has 0 saturated heterocycles. The van der Waals surface area contributed by atoms with Gasteiger partial charge in [0.15, 0.2) is 0 Å². The standard InChI is InChI=1S/C29H25F5N2O5/c1-14-9-17(30)5-8-25(14)41-26-13-19(16-3-4-16)22(29(32,33)34)12-21(26)27(38)35-18-6-7-23(31)20(11-18)24(10-15(2)37)36-28(39)40/h5-9,11-13,16,24,36H,3-4,10H2,1-2H3,(H,35,38)(H,39,40). The van der Waals surface area contributed by atoms with Crippen molar-refractivity contribution in [3.63, 3.8) is 0 Å². The van der Waals surface area contributed by atoms with Crippen LogP contribution >= 0.6 is 0 Å². The van der Waals surface area contributed by atoms with Crippen LogP contribution in [0, 0.1) is 18.6 Å². The summed E-state index contributed by atoms with van der Waals surface area (Å²) in [7, 11) is 0. The maximum atomic E-state index is 14.6. The predicted molar refractivity (Wildman–Crippen MR) is 138 cm³/mol. The van der Waals surface area contributed by atoms with Crippen molar-refractivity contribution >= 4 is 23.5 Å². The number of nitrogens with one attached hydrogen (secondary N) is 2. The SMILES string of the molecule is CC(=O)CC(NC(=O)O)c1cc(NC(=O)c2cc(C(F)(F)F)c(C3CC3)cc2Oc2ccc(F)cc2C)ccc1F. The van der Waals surface area contributed by atoms with Crippen LogP contribution in [0.3, 0.4) is 0 Å². The van der Waals surface area contributed by atoms with Gasteiger partial charge in [-0.3, -0.25) is 9.59 Å². The van der Waals surface area contributed by atoms with E-state index in [0.717, 1.165) is 30.3 Å². The van der Waals surface area contributed by atoms with Crippen LogP contribution < -0.4 is 15.4 Å². The quantitative estimate of drug-likeness (QED) is 0.229. The molecule has 1 fully saturated rings. The Balaban J connectivity index is 1.75. The molecule has 1 unspecified atom stereocenters. The molecule has 7 nitrogen and oxygen atoms in total. The summed E-state index contributed by atoms with van der Waals surface area (Å²) >= 11 is 0. The minimum Gasteiger partial charge on any atom is -0.465 e. The first-order valence-electron chi connectivity index (χ1n) is 12.5. The second-order valence-corrected chi connectivity index (χ2v) is 9.82. The van der Waals surface area contributed by atoms with Crippen LogP contribution in [-0.4, -0.2) is 22.9 Å². The number of carbonyl (C=O) groups excluding carboxylic acids is 2. The summed E-state index contributed by atoms with van der Waals surface area (Å²) in [5.74, 6) is -3.32. The molecule has 216 valence electrons. The van der Waals surface area contributed by atoms with Crippen molar-refractivity contribution < 1.29 is 46.2 Å². The van der Waals surface area contributed by atoms with Gasteiger partial charge in [0.25, 0.3) is 5.91 Å². The summed E-state index contributed by atoms with van der Waals surface area (Å²) in [6.45, 7) is 2.72. The number of anilines is 1. The van der Waals surface area contributed by atoms with Gasteiger partial charge in [0, 0.05) is 17.7 Å². The Bertz CT molecular complexity index is 1500. The lowest BCUT2D eigenvalue weighted by Gasteiger charge is -2.20. The van der Waals surface area contributed by atoms with Crippen molar-refractivity contribution in [3.05, 3.63) is 88.0 Å². The Morgan fingerprint density at radius 3 is 2.32 bits per heavy atom. The fraction of sp³-hybridized carbons (Fsp3) is 0.276. The average Bonchev–Trinajstić information content (AvgIpc) is 3.70. The van der Waals surface area contributed by atoms with Gasteiger partial charge in [-0.25, -0.2) is 13.6 Å². The molecule has 3 aromatic rings. The highest BCUT2D eigenvalue weighted by Gasteiger charge is 2.40. The van der Waals surface area contributed by atoms with Crippen LogP contribution in [0.1, 0.15) is 70.8 Å². The van der Waals surface area contributed by atoms with E-state index in [0.29, 0.717) is 24.5 Å². The van der Waals surface area contributed by atoms with Crippen LogP contribution in [-0.2, 0) is 11.0 Å². The minimum atomic E-state index is -4.78. The Hall–Kier alpha value is -4.48. The largest absolute Gasteiger partial charge is 0.465 e. The Morgan fingerprint density at radius 1 is 1.02 bits per heavy atom. The summed E-state index contributed by atoms with van der Waals surface area (Å²) in [6.07, 6.45) is -5.60. The minimum absolute atomic E-state index is 0.0281. The zero-order valence-corrected chi connectivity index (χ0v) is 21.9. The van der Waals surface area contributed by atoms with Crippen LogP contribution in [0.2, 0.25) is 0 Å². The number of amides is 2. The number of ketones is 1. The maximum Gasteiger partial charge on any atom is 0.416 e. The third kappa shape index (κ3) is 7.19. The molecule has 4 rings (SSSR count). The number of Topliss-reactive ketones (excluding diaryl/α,β-unsaturated/α-hetero) is 1. The van der Waals surface area contributed by atoms with E-state index in [4.69, 9.17) is 9.84 Å². The third-order valence-electron chi connectivity index (χ3n) is 6.49. The van der Waals surface area contributed by atoms with Crippen LogP contribution in [0.4, 0.5) is 32.4 Å². The van der Waals surface area contributed by atoms with Crippen LogP contribution in [0.25, 0.3) is 0 Å². The Labute approximate surface area is 231 Å². The van der Waals surface area contributed by atoms with E-state index >= 15 is 0 Å². The second kappa shape index (κ2) is 11.6. The molecule has 41 heavy (non-hydrogen) atoms. The highest BCUT2D eigenvalue weighted by molar-refractivity contribution is 6.06. The first-order chi connectivity index (χ1) is 19.2. The van der Waals surface area contributed by atoms with E-state index in [2.05, 4.69) is 5.32 Å². The number of hydrogen-bond acceptors (Lipinski definition) is 4. The third-order valence-corrected chi connectivity index (χ3v) is 6.49. The van der Waals surface area contributed by atoms with Gasteiger partial charge in [0.05, 0.1) is 17.2 Å². The summed E-state index contributed by atoms with van der Waals surface area (Å²) in [5, 5.41) is 13.6. The molecular formula is C29H25F5N2O5. The van der Waals surface area contributed by atoms with Gasteiger partial charge in [-0.2, -0.15) is 13.2 Å². The lowest BCUT2D eigenvalue weighted by Crippen LogP contribution is -2.29. The van der Waals surface area contributed by atoms with Crippen molar-refractivity contribution in [1.29, 1.82) is 0 Å². The summed E-state index contributed by atoms with van der Waals surface area (Å²) in [5.41, 5.74) is -1.50. The Morgan fingerprint density at radius 2 is 1.73 bits per heavy atom. The van der Waals surface area contributed by atoms with Crippen molar-refractivity contribution in [2.45, 2.75) is 51.2 Å². The van der Waals surface area contributed by atoms with Crippen LogP contribution in [0.15, 0.2) is 48.5 Å². The fourth-order valence-electron chi connectivity index (χ4n) is 4.44. The topological polar surface area (TPSA) is 105 Å². The van der Waals surface area contributed by atoms with Crippen LogP contribution in [0.5, 0.6) is 11.5 Å². The maximum absolute atomic E-state index is 14.6. The van der Waals surface area contributed by atoms with Gasteiger partial charge in [0.1, 0.15) is 28.9 Å². The van der Waals surface area contributed by atoms with E-state index in [1.54, 1.807) is 0 Å². The normalized spacial score (nSPS) is 13.8. The molecule has 3 N–H and O–H groups in total. The van der Waals surface area contributed by atoms with E-state index in [-0.39, 0.29) is 40.7 Å². The lowest BCUT2D eigenvalue weighted by molar-refractivity contribution is -0.138. The van der Waals surface area contributed by atoms with E-state index in [1.807, 2.05) is 5.32 Å². The molecule has 1 saturated carbocycles. The van der Waals surface area contributed by atoms with Gasteiger partial charge < -0.3 is 20.5 Å². The zero-order valence-electron chi connectivity index (χ0n) is 21.9. The molecule has 0 aliphatic heterocycles. The number of benzene rings is 3. The Kier molecular flexibility index (Phi) is 8.32. The molecular weight excluding hydrogens is 551 g/mol. The van der Waals surface area contributed by atoms with Crippen molar-refractivity contribution in [3.8, 4) is 11.5 Å². The molecule has 1 aliphatic carbocycles. The first kappa shape index (κ1) is 29.5. The van der Waals surface area contributed by atoms with E-state index in [9.17, 15) is 36.3 Å². The highest BCUT2D eigenvalue weighted by atomic mass is 19.4. The smallest absolute Gasteiger partial charge is 0.416 e. The number of rotatable bonds is 9. The predicted octanol–water partition coefficient (Wildman–Crippen LogP) is 7.50. The second-order valence-electron chi connectivity index (χ2n) is 9.82. The lowest BCUT2D eigenvalue weighted by atomic mass is 9.98. The van der Waals surface area contributed by atoms with Crippen molar-refractivity contribution in [2.24, 2.45) is 0 Å². The first-order valence-corrected chi connectivity index (χ1v) is 12.5. The zero-order chi connectivity index (χ0) is 30.1.